The van der Waals surface area contributed by atoms with Gasteiger partial charge in [-0.15, -0.1) is 0 Å². The van der Waals surface area contributed by atoms with Crippen LogP contribution in [0.2, 0.25) is 19.6 Å². The number of allylic oxidation sites excluding steroid dienone is 3. The Balaban J connectivity index is 2.29. The Kier molecular flexibility index (Phi) is 9.83. The number of rotatable bonds is 9. The molecular weight excluding hydrogens is 340 g/mol. The first-order chi connectivity index (χ1) is 12.1. The maximum absolute atomic E-state index is 12.2. The quantitative estimate of drug-likeness (QED) is 0.437. The van der Waals surface area contributed by atoms with Gasteiger partial charge in [0.2, 0.25) is 5.91 Å². The fourth-order valence-corrected chi connectivity index (χ4v) is 4.32. The molecule has 4 nitrogen and oxygen atoms in total. The molecule has 26 heavy (non-hydrogen) atoms. The van der Waals surface area contributed by atoms with Crippen LogP contribution in [-0.4, -0.2) is 63.4 Å². The largest absolute Gasteiger partial charge is 0.411 e. The van der Waals surface area contributed by atoms with E-state index in [1.54, 1.807) is 0 Å². The van der Waals surface area contributed by atoms with Gasteiger partial charge in [-0.1, -0.05) is 23.3 Å². The summed E-state index contributed by atoms with van der Waals surface area (Å²) >= 11 is 0. The van der Waals surface area contributed by atoms with Crippen molar-refractivity contribution in [3.8, 4) is 0 Å². The number of hydrogen-bond donors (Lipinski definition) is 0. The molecule has 0 bridgehead atoms. The highest BCUT2D eigenvalue weighted by atomic mass is 28.4. The van der Waals surface area contributed by atoms with Crippen molar-refractivity contribution in [2.24, 2.45) is 0 Å². The van der Waals surface area contributed by atoms with Gasteiger partial charge in [-0.05, 0) is 66.7 Å². The van der Waals surface area contributed by atoms with E-state index in [-0.39, 0.29) is 6.10 Å². The van der Waals surface area contributed by atoms with E-state index in [9.17, 15) is 4.79 Å². The lowest BCUT2D eigenvalue weighted by Gasteiger charge is -2.32. The van der Waals surface area contributed by atoms with Crippen LogP contribution in [0.15, 0.2) is 23.3 Å². The third-order valence-electron chi connectivity index (χ3n) is 4.88. The zero-order valence-corrected chi connectivity index (χ0v) is 19.1. The third kappa shape index (κ3) is 9.69. The molecular formula is C21H40N2O2Si. The van der Waals surface area contributed by atoms with Gasteiger partial charge in [0.25, 0.3) is 0 Å². The average Bonchev–Trinajstić information content (AvgIpc) is 2.53. The first-order valence-electron chi connectivity index (χ1n) is 10.0. The SMILES string of the molecule is C/C(=C\CCC(=O)N1CCN(C)CC1)CC/C=C(\C)C(C)O[Si](C)(C)C. The topological polar surface area (TPSA) is 32.8 Å². The Morgan fingerprint density at radius 2 is 1.62 bits per heavy atom. The zero-order chi connectivity index (χ0) is 19.7. The second kappa shape index (κ2) is 11.0. The van der Waals surface area contributed by atoms with E-state index in [1.165, 1.54) is 11.1 Å². The van der Waals surface area contributed by atoms with E-state index < -0.39 is 8.32 Å². The van der Waals surface area contributed by atoms with Crippen LogP contribution in [0.5, 0.6) is 0 Å². The van der Waals surface area contributed by atoms with E-state index >= 15 is 0 Å². The standard InChI is InChI=1S/C21H40N2O2Si/c1-18(10-8-12-19(2)20(3)25-26(5,6)7)11-9-13-21(24)23-16-14-22(4)15-17-23/h11-12,20H,8-10,13-17H2,1-7H3/b18-11+,19-12+. The Bertz CT molecular complexity index is 501. The molecule has 0 radical (unpaired) electrons. The van der Waals surface area contributed by atoms with E-state index in [1.807, 2.05) is 4.90 Å². The van der Waals surface area contributed by atoms with Crippen LogP contribution in [0.4, 0.5) is 0 Å². The first kappa shape index (κ1) is 23.1. The minimum atomic E-state index is -1.48. The molecule has 1 saturated heterocycles. The summed E-state index contributed by atoms with van der Waals surface area (Å²) in [5.41, 5.74) is 2.70. The van der Waals surface area contributed by atoms with Crippen molar-refractivity contribution in [1.29, 1.82) is 0 Å². The number of likely N-dealkylation sites (N-methyl/N-ethyl adjacent to an activating group) is 1. The molecule has 1 aliphatic heterocycles. The van der Waals surface area contributed by atoms with Gasteiger partial charge in [-0.3, -0.25) is 4.79 Å². The summed E-state index contributed by atoms with van der Waals surface area (Å²) < 4.78 is 6.12. The molecule has 150 valence electrons. The number of carbonyl (C=O) groups excluding carboxylic acids is 1. The molecule has 0 N–H and O–H groups in total. The molecule has 0 aromatic heterocycles. The number of piperazine rings is 1. The monoisotopic (exact) mass is 380 g/mol. The third-order valence-corrected chi connectivity index (χ3v) is 5.94. The molecule has 0 saturated carbocycles. The molecule has 1 fully saturated rings. The molecule has 1 aliphatic rings. The molecule has 0 aliphatic carbocycles. The van der Waals surface area contributed by atoms with Crippen LogP contribution < -0.4 is 0 Å². The van der Waals surface area contributed by atoms with Gasteiger partial charge in [0.05, 0.1) is 6.10 Å². The second-order valence-corrected chi connectivity index (χ2v) is 13.1. The molecule has 1 rings (SSSR count). The molecule has 1 heterocycles. The summed E-state index contributed by atoms with van der Waals surface area (Å²) in [7, 11) is 0.631. The molecule has 0 spiro atoms. The van der Waals surface area contributed by atoms with Crippen molar-refractivity contribution in [3.63, 3.8) is 0 Å². The zero-order valence-electron chi connectivity index (χ0n) is 18.1. The highest BCUT2D eigenvalue weighted by molar-refractivity contribution is 6.69. The lowest BCUT2D eigenvalue weighted by Crippen LogP contribution is -2.47. The average molecular weight is 381 g/mol. The summed E-state index contributed by atoms with van der Waals surface area (Å²) in [6.45, 7) is 16.9. The van der Waals surface area contributed by atoms with Crippen LogP contribution in [0.25, 0.3) is 0 Å². The summed E-state index contributed by atoms with van der Waals surface area (Å²) in [6, 6.07) is 0. The normalized spacial score (nSPS) is 19.0. The minimum absolute atomic E-state index is 0.215. The highest BCUT2D eigenvalue weighted by Gasteiger charge is 2.19. The fourth-order valence-electron chi connectivity index (χ4n) is 3.07. The van der Waals surface area contributed by atoms with Gasteiger partial charge in [-0.2, -0.15) is 0 Å². The Labute approximate surface area is 162 Å². The van der Waals surface area contributed by atoms with Gasteiger partial charge < -0.3 is 14.2 Å². The second-order valence-electron chi connectivity index (χ2n) is 8.63. The Morgan fingerprint density at radius 1 is 1.04 bits per heavy atom. The van der Waals surface area contributed by atoms with Gasteiger partial charge in [-0.25, -0.2) is 0 Å². The maximum atomic E-state index is 12.2. The molecule has 1 unspecified atom stereocenters. The first-order valence-corrected chi connectivity index (χ1v) is 13.5. The molecule has 1 atom stereocenters. The Morgan fingerprint density at radius 3 is 2.19 bits per heavy atom. The molecule has 1 amide bonds. The van der Waals surface area contributed by atoms with Crippen molar-refractivity contribution in [1.82, 2.24) is 9.80 Å². The number of nitrogens with zero attached hydrogens (tertiary/aromatic N) is 2. The van der Waals surface area contributed by atoms with E-state index in [0.29, 0.717) is 12.3 Å². The van der Waals surface area contributed by atoms with Gasteiger partial charge in [0.15, 0.2) is 8.32 Å². The number of amides is 1. The lowest BCUT2D eigenvalue weighted by molar-refractivity contribution is -0.132. The smallest absolute Gasteiger partial charge is 0.222 e. The maximum Gasteiger partial charge on any atom is 0.222 e. The van der Waals surface area contributed by atoms with Crippen molar-refractivity contribution < 1.29 is 9.22 Å². The summed E-state index contributed by atoms with van der Waals surface area (Å²) in [5, 5.41) is 0. The predicted molar refractivity (Wildman–Crippen MR) is 114 cm³/mol. The lowest BCUT2D eigenvalue weighted by atomic mass is 10.1. The summed E-state index contributed by atoms with van der Waals surface area (Å²) in [4.78, 5) is 16.5. The van der Waals surface area contributed by atoms with Gasteiger partial charge >= 0.3 is 0 Å². The van der Waals surface area contributed by atoms with Crippen LogP contribution in [-0.2, 0) is 9.22 Å². The predicted octanol–water partition coefficient (Wildman–Crippen LogP) is 4.45. The van der Waals surface area contributed by atoms with Crippen LogP contribution in [0.3, 0.4) is 0 Å². The fraction of sp³-hybridized carbons (Fsp3) is 0.762. The van der Waals surface area contributed by atoms with E-state index in [2.05, 4.69) is 64.5 Å². The Hall–Kier alpha value is -0.913. The van der Waals surface area contributed by atoms with Crippen LogP contribution in [0, 0.1) is 0 Å². The molecule has 0 aromatic carbocycles. The van der Waals surface area contributed by atoms with Crippen molar-refractivity contribution in [2.75, 3.05) is 33.2 Å². The summed E-state index contributed by atoms with van der Waals surface area (Å²) in [6.07, 6.45) is 8.34. The van der Waals surface area contributed by atoms with E-state index in [0.717, 1.165) is 45.4 Å². The minimum Gasteiger partial charge on any atom is -0.411 e. The van der Waals surface area contributed by atoms with Gasteiger partial charge in [0.1, 0.15) is 0 Å². The highest BCUT2D eigenvalue weighted by Crippen LogP contribution is 2.16. The van der Waals surface area contributed by atoms with Crippen LogP contribution >= 0.6 is 0 Å². The number of carbonyl (C=O) groups is 1. The summed E-state index contributed by atoms with van der Waals surface area (Å²) in [5.74, 6) is 0.301. The van der Waals surface area contributed by atoms with Crippen LogP contribution in [0.1, 0.15) is 46.5 Å². The van der Waals surface area contributed by atoms with Crippen molar-refractivity contribution in [3.05, 3.63) is 23.3 Å². The van der Waals surface area contributed by atoms with E-state index in [4.69, 9.17) is 4.43 Å². The molecule has 0 aromatic rings. The number of hydrogen-bond acceptors (Lipinski definition) is 3. The van der Waals surface area contributed by atoms with Crippen molar-refractivity contribution >= 4 is 14.2 Å². The van der Waals surface area contributed by atoms with Gasteiger partial charge in [0, 0.05) is 32.6 Å². The molecule has 5 heteroatoms. The van der Waals surface area contributed by atoms with Crippen molar-refractivity contribution in [2.45, 2.75) is 72.2 Å².